The molecule has 0 fully saturated rings. The van der Waals surface area contributed by atoms with Crippen LogP contribution in [0.25, 0.3) is 5.95 Å². The summed E-state index contributed by atoms with van der Waals surface area (Å²) in [5.41, 5.74) is 5.62. The number of rotatable bonds is 4. The Labute approximate surface area is 104 Å². The fourth-order valence-corrected chi connectivity index (χ4v) is 1.42. The lowest BCUT2D eigenvalue weighted by Gasteiger charge is -2.05. The van der Waals surface area contributed by atoms with Crippen molar-refractivity contribution in [2.75, 3.05) is 12.3 Å². The minimum Gasteiger partial charge on any atom is -0.463 e. The molecule has 0 aliphatic carbocycles. The van der Waals surface area contributed by atoms with E-state index in [1.807, 2.05) is 13.8 Å². The summed E-state index contributed by atoms with van der Waals surface area (Å²) in [7, 11) is 0. The molecule has 0 amide bonds. The first kappa shape index (κ1) is 12.2. The number of aryl methyl sites for hydroxylation is 2. The first-order chi connectivity index (χ1) is 8.60. The zero-order chi connectivity index (χ0) is 13.1. The SMILES string of the molecule is CCCOc1nc(N)nc(-n2nc(C)nc2C)n1. The molecule has 2 aromatic rings. The van der Waals surface area contributed by atoms with E-state index in [1.54, 1.807) is 6.92 Å². The van der Waals surface area contributed by atoms with Gasteiger partial charge in [-0.3, -0.25) is 0 Å². The second-order valence-corrected chi connectivity index (χ2v) is 3.74. The van der Waals surface area contributed by atoms with E-state index in [0.29, 0.717) is 24.2 Å². The molecule has 2 heterocycles. The highest BCUT2D eigenvalue weighted by atomic mass is 16.5. The third-order valence-electron chi connectivity index (χ3n) is 2.12. The van der Waals surface area contributed by atoms with Gasteiger partial charge in [-0.2, -0.15) is 19.6 Å². The molecule has 0 spiro atoms. The molecule has 96 valence electrons. The van der Waals surface area contributed by atoms with Crippen LogP contribution < -0.4 is 10.5 Å². The molecular formula is C10H15N7O. The summed E-state index contributed by atoms with van der Waals surface area (Å²) in [6.07, 6.45) is 0.863. The van der Waals surface area contributed by atoms with Crippen molar-refractivity contribution < 1.29 is 4.74 Å². The molecule has 0 aliphatic heterocycles. The minimum atomic E-state index is 0.0960. The van der Waals surface area contributed by atoms with Crippen LogP contribution in [-0.4, -0.2) is 36.3 Å². The largest absolute Gasteiger partial charge is 0.463 e. The second-order valence-electron chi connectivity index (χ2n) is 3.74. The van der Waals surface area contributed by atoms with Gasteiger partial charge >= 0.3 is 6.01 Å². The lowest BCUT2D eigenvalue weighted by Crippen LogP contribution is -2.11. The van der Waals surface area contributed by atoms with E-state index in [9.17, 15) is 0 Å². The van der Waals surface area contributed by atoms with Gasteiger partial charge in [0.05, 0.1) is 6.61 Å². The van der Waals surface area contributed by atoms with Crippen molar-refractivity contribution in [1.29, 1.82) is 0 Å². The third kappa shape index (κ3) is 2.53. The van der Waals surface area contributed by atoms with Crippen molar-refractivity contribution in [1.82, 2.24) is 29.7 Å². The van der Waals surface area contributed by atoms with Crippen LogP contribution in [0.15, 0.2) is 0 Å². The second kappa shape index (κ2) is 4.94. The van der Waals surface area contributed by atoms with Crippen LogP contribution in [0.4, 0.5) is 5.95 Å². The summed E-state index contributed by atoms with van der Waals surface area (Å²) < 4.78 is 6.85. The lowest BCUT2D eigenvalue weighted by atomic mass is 10.5. The van der Waals surface area contributed by atoms with E-state index in [-0.39, 0.29) is 12.0 Å². The Balaban J connectivity index is 2.38. The first-order valence-corrected chi connectivity index (χ1v) is 5.65. The normalized spacial score (nSPS) is 10.6. The summed E-state index contributed by atoms with van der Waals surface area (Å²) in [5.74, 6) is 1.73. The van der Waals surface area contributed by atoms with Crippen molar-refractivity contribution in [3.8, 4) is 12.0 Å². The maximum absolute atomic E-state index is 5.62. The van der Waals surface area contributed by atoms with Crippen molar-refractivity contribution >= 4 is 5.95 Å². The molecule has 2 aromatic heterocycles. The molecule has 0 atom stereocenters. The summed E-state index contributed by atoms with van der Waals surface area (Å²) in [5, 5.41) is 4.18. The number of nitrogens with two attached hydrogens (primary N) is 1. The quantitative estimate of drug-likeness (QED) is 0.838. The van der Waals surface area contributed by atoms with Gasteiger partial charge in [0.15, 0.2) is 0 Å². The van der Waals surface area contributed by atoms with Crippen LogP contribution in [0.2, 0.25) is 0 Å². The molecule has 0 bridgehead atoms. The Morgan fingerprint density at radius 1 is 1.17 bits per heavy atom. The number of hydrogen-bond acceptors (Lipinski definition) is 7. The maximum Gasteiger partial charge on any atom is 0.323 e. The zero-order valence-electron chi connectivity index (χ0n) is 10.6. The van der Waals surface area contributed by atoms with Gasteiger partial charge in [0.2, 0.25) is 5.95 Å². The standard InChI is InChI=1S/C10H15N7O/c1-4-5-18-10-14-8(11)13-9(15-10)17-7(3)12-6(2)16-17/h4-5H2,1-3H3,(H2,11,13,14,15). The van der Waals surface area contributed by atoms with E-state index in [0.717, 1.165) is 6.42 Å². The summed E-state index contributed by atoms with van der Waals surface area (Å²) in [4.78, 5) is 16.3. The Morgan fingerprint density at radius 2 is 1.94 bits per heavy atom. The van der Waals surface area contributed by atoms with Crippen LogP contribution in [0.3, 0.4) is 0 Å². The Hall–Kier alpha value is -2.25. The van der Waals surface area contributed by atoms with Gasteiger partial charge in [0.25, 0.3) is 5.95 Å². The van der Waals surface area contributed by atoms with Crippen LogP contribution in [0.5, 0.6) is 6.01 Å². The van der Waals surface area contributed by atoms with Gasteiger partial charge in [-0.15, -0.1) is 5.10 Å². The van der Waals surface area contributed by atoms with Gasteiger partial charge in [0, 0.05) is 0 Å². The molecule has 0 unspecified atom stereocenters. The molecule has 8 heteroatoms. The molecule has 0 saturated heterocycles. The van der Waals surface area contributed by atoms with Gasteiger partial charge in [-0.25, -0.2) is 4.98 Å². The molecule has 0 aliphatic rings. The Kier molecular flexibility index (Phi) is 3.35. The van der Waals surface area contributed by atoms with Crippen LogP contribution in [-0.2, 0) is 0 Å². The highest BCUT2D eigenvalue weighted by Crippen LogP contribution is 2.10. The van der Waals surface area contributed by atoms with E-state index in [1.165, 1.54) is 4.68 Å². The number of hydrogen-bond donors (Lipinski definition) is 1. The number of ether oxygens (including phenoxy) is 1. The molecular weight excluding hydrogens is 234 g/mol. The Morgan fingerprint density at radius 3 is 2.56 bits per heavy atom. The van der Waals surface area contributed by atoms with Crippen LogP contribution in [0.1, 0.15) is 25.0 Å². The molecule has 0 saturated carbocycles. The lowest BCUT2D eigenvalue weighted by molar-refractivity contribution is 0.291. The first-order valence-electron chi connectivity index (χ1n) is 5.65. The molecule has 0 radical (unpaired) electrons. The predicted molar refractivity (Wildman–Crippen MR) is 64.4 cm³/mol. The third-order valence-corrected chi connectivity index (χ3v) is 2.12. The average Bonchev–Trinajstić information content (AvgIpc) is 2.65. The highest BCUT2D eigenvalue weighted by Gasteiger charge is 2.11. The molecule has 2 N–H and O–H groups in total. The van der Waals surface area contributed by atoms with Gasteiger partial charge in [-0.1, -0.05) is 6.92 Å². The van der Waals surface area contributed by atoms with E-state index < -0.39 is 0 Å². The molecule has 2 rings (SSSR count). The Bertz CT molecular complexity index is 551. The number of nitrogens with zero attached hydrogens (tertiary/aromatic N) is 6. The molecule has 0 aromatic carbocycles. The zero-order valence-corrected chi connectivity index (χ0v) is 10.6. The van der Waals surface area contributed by atoms with Gasteiger partial charge in [0.1, 0.15) is 11.6 Å². The predicted octanol–water partition coefficient (Wildman–Crippen LogP) is 0.440. The number of nitrogen functional groups attached to an aromatic ring is 1. The fourth-order valence-electron chi connectivity index (χ4n) is 1.42. The fraction of sp³-hybridized carbons (Fsp3) is 0.500. The van der Waals surface area contributed by atoms with Gasteiger partial charge in [-0.05, 0) is 20.3 Å². The van der Waals surface area contributed by atoms with Crippen molar-refractivity contribution in [2.24, 2.45) is 0 Å². The summed E-state index contributed by atoms with van der Waals surface area (Å²) in [6, 6.07) is 0.201. The van der Waals surface area contributed by atoms with Crippen LogP contribution in [0, 0.1) is 13.8 Å². The smallest absolute Gasteiger partial charge is 0.323 e. The topological polar surface area (TPSA) is 105 Å². The number of anilines is 1. The average molecular weight is 249 g/mol. The molecule has 18 heavy (non-hydrogen) atoms. The monoisotopic (exact) mass is 249 g/mol. The van der Waals surface area contributed by atoms with Crippen molar-refractivity contribution in [3.05, 3.63) is 11.6 Å². The summed E-state index contributed by atoms with van der Waals surface area (Å²) in [6.45, 7) is 6.13. The van der Waals surface area contributed by atoms with E-state index >= 15 is 0 Å². The van der Waals surface area contributed by atoms with E-state index in [4.69, 9.17) is 10.5 Å². The van der Waals surface area contributed by atoms with E-state index in [2.05, 4.69) is 25.0 Å². The molecule has 8 nitrogen and oxygen atoms in total. The number of aromatic nitrogens is 6. The maximum atomic E-state index is 5.62. The van der Waals surface area contributed by atoms with Gasteiger partial charge < -0.3 is 10.5 Å². The summed E-state index contributed by atoms with van der Waals surface area (Å²) >= 11 is 0. The van der Waals surface area contributed by atoms with Crippen LogP contribution >= 0.6 is 0 Å². The van der Waals surface area contributed by atoms with Crippen molar-refractivity contribution in [2.45, 2.75) is 27.2 Å². The minimum absolute atomic E-state index is 0.0960. The van der Waals surface area contributed by atoms with Crippen molar-refractivity contribution in [3.63, 3.8) is 0 Å². The highest BCUT2D eigenvalue weighted by molar-refractivity contribution is 5.25.